The molecule has 0 radical (unpaired) electrons. The first-order valence-corrected chi connectivity index (χ1v) is 11.4. The minimum Gasteiger partial charge on any atom is -0.493 e. The minimum absolute atomic E-state index is 0.219. The van der Waals surface area contributed by atoms with Crippen LogP contribution in [0.15, 0.2) is 48.7 Å². The average molecular weight is 463 g/mol. The predicted octanol–water partition coefficient (Wildman–Crippen LogP) is 4.42. The number of pyridine rings is 1. The van der Waals surface area contributed by atoms with Gasteiger partial charge in [0.05, 0.1) is 51.0 Å². The predicted molar refractivity (Wildman–Crippen MR) is 130 cm³/mol. The van der Waals surface area contributed by atoms with Crippen LogP contribution in [0.3, 0.4) is 0 Å². The summed E-state index contributed by atoms with van der Waals surface area (Å²) in [4.78, 5) is 17.0. The van der Waals surface area contributed by atoms with Crippen LogP contribution in [0, 0.1) is 0 Å². The van der Waals surface area contributed by atoms with Crippen molar-refractivity contribution in [1.82, 2.24) is 20.1 Å². The zero-order valence-electron chi connectivity index (χ0n) is 19.8. The summed E-state index contributed by atoms with van der Waals surface area (Å²) in [7, 11) is 4.67. The molecule has 1 saturated carbocycles. The molecular formula is C26H30N4O4. The van der Waals surface area contributed by atoms with E-state index in [2.05, 4.69) is 15.0 Å². The van der Waals surface area contributed by atoms with E-state index >= 15 is 0 Å². The van der Waals surface area contributed by atoms with Crippen LogP contribution in [-0.2, 0) is 11.3 Å². The van der Waals surface area contributed by atoms with Crippen molar-refractivity contribution >= 4 is 12.0 Å². The lowest BCUT2D eigenvalue weighted by atomic mass is 10.1. The number of methoxy groups -OCH3 is 3. The highest BCUT2D eigenvalue weighted by atomic mass is 16.5. The standard InChI is InChI=1S/C26H30N4O4/c1-32-23-14-18(15-24(33-2)26(23)34-3)11-12-25(31)28-17-19-16-22(21-10-6-7-13-27-21)30(29-19)20-8-4-5-9-20/h6-7,10-16,20H,4-5,8-9,17H2,1-3H3,(H,28,31). The molecule has 1 aromatic carbocycles. The number of aromatic nitrogens is 3. The first kappa shape index (κ1) is 23.4. The fourth-order valence-electron chi connectivity index (χ4n) is 4.27. The van der Waals surface area contributed by atoms with Gasteiger partial charge in [0.25, 0.3) is 0 Å². The van der Waals surface area contributed by atoms with E-state index in [9.17, 15) is 4.79 Å². The van der Waals surface area contributed by atoms with Crippen LogP contribution in [0.4, 0.5) is 0 Å². The zero-order valence-corrected chi connectivity index (χ0v) is 19.8. The number of ether oxygens (including phenoxy) is 3. The van der Waals surface area contributed by atoms with Crippen LogP contribution in [0.25, 0.3) is 17.5 Å². The molecule has 0 atom stereocenters. The van der Waals surface area contributed by atoms with Gasteiger partial charge in [0.2, 0.25) is 11.7 Å². The third kappa shape index (κ3) is 5.22. The van der Waals surface area contributed by atoms with E-state index in [1.165, 1.54) is 18.9 Å². The zero-order chi connectivity index (χ0) is 23.9. The highest BCUT2D eigenvalue weighted by Crippen LogP contribution is 2.38. The molecule has 3 aromatic rings. The van der Waals surface area contributed by atoms with Crippen LogP contribution in [-0.4, -0.2) is 42.0 Å². The lowest BCUT2D eigenvalue weighted by molar-refractivity contribution is -0.116. The molecule has 0 spiro atoms. The number of carbonyl (C=O) groups excluding carboxylic acids is 1. The Labute approximate surface area is 199 Å². The number of nitrogens with zero attached hydrogens (tertiary/aromatic N) is 3. The normalized spacial score (nSPS) is 13.9. The molecule has 8 heteroatoms. The monoisotopic (exact) mass is 462 g/mol. The molecular weight excluding hydrogens is 432 g/mol. The van der Waals surface area contributed by atoms with Gasteiger partial charge in [-0.05, 0) is 54.8 Å². The van der Waals surface area contributed by atoms with Crippen molar-refractivity contribution < 1.29 is 19.0 Å². The van der Waals surface area contributed by atoms with Crippen molar-refractivity contribution in [2.75, 3.05) is 21.3 Å². The topological polar surface area (TPSA) is 87.5 Å². The lowest BCUT2D eigenvalue weighted by Gasteiger charge is -2.13. The first-order valence-electron chi connectivity index (χ1n) is 11.4. The highest BCUT2D eigenvalue weighted by Gasteiger charge is 2.22. The number of hydrogen-bond acceptors (Lipinski definition) is 6. The first-order chi connectivity index (χ1) is 16.6. The van der Waals surface area contributed by atoms with E-state index in [-0.39, 0.29) is 5.91 Å². The third-order valence-electron chi connectivity index (χ3n) is 5.94. The van der Waals surface area contributed by atoms with Crippen LogP contribution < -0.4 is 19.5 Å². The van der Waals surface area contributed by atoms with Gasteiger partial charge in [-0.2, -0.15) is 5.10 Å². The molecule has 1 aliphatic rings. The Morgan fingerprint density at radius 1 is 1.09 bits per heavy atom. The maximum Gasteiger partial charge on any atom is 0.244 e. The van der Waals surface area contributed by atoms with Crippen molar-refractivity contribution in [3.8, 4) is 28.6 Å². The molecule has 2 aromatic heterocycles. The summed E-state index contributed by atoms with van der Waals surface area (Å²) >= 11 is 0. The quantitative estimate of drug-likeness (QED) is 0.474. The van der Waals surface area contributed by atoms with Crippen LogP contribution in [0.2, 0.25) is 0 Å². The van der Waals surface area contributed by atoms with Gasteiger partial charge in [-0.3, -0.25) is 14.5 Å². The molecule has 8 nitrogen and oxygen atoms in total. The molecule has 1 N–H and O–H groups in total. The van der Waals surface area contributed by atoms with E-state index in [1.807, 2.05) is 24.3 Å². The van der Waals surface area contributed by atoms with Crippen LogP contribution in [0.1, 0.15) is 43.0 Å². The molecule has 178 valence electrons. The van der Waals surface area contributed by atoms with Crippen LogP contribution >= 0.6 is 0 Å². The van der Waals surface area contributed by atoms with Crippen molar-refractivity contribution in [1.29, 1.82) is 0 Å². The molecule has 0 saturated heterocycles. The van der Waals surface area contributed by atoms with Crippen molar-refractivity contribution in [3.63, 3.8) is 0 Å². The van der Waals surface area contributed by atoms with Gasteiger partial charge in [0, 0.05) is 12.3 Å². The summed E-state index contributed by atoms with van der Waals surface area (Å²) in [6.45, 7) is 0.331. The molecule has 0 aliphatic heterocycles. The van der Waals surface area contributed by atoms with Gasteiger partial charge in [0.15, 0.2) is 11.5 Å². The second-order valence-electron chi connectivity index (χ2n) is 8.13. The van der Waals surface area contributed by atoms with Gasteiger partial charge in [-0.1, -0.05) is 18.9 Å². The smallest absolute Gasteiger partial charge is 0.244 e. The van der Waals surface area contributed by atoms with Gasteiger partial charge < -0.3 is 19.5 Å². The second-order valence-corrected chi connectivity index (χ2v) is 8.13. The third-order valence-corrected chi connectivity index (χ3v) is 5.94. The van der Waals surface area contributed by atoms with Crippen molar-refractivity contribution in [3.05, 3.63) is 59.9 Å². The molecule has 0 bridgehead atoms. The molecule has 4 rings (SSSR count). The van der Waals surface area contributed by atoms with Gasteiger partial charge >= 0.3 is 0 Å². The average Bonchev–Trinajstić information content (AvgIpc) is 3.56. The van der Waals surface area contributed by atoms with Gasteiger partial charge in [0.1, 0.15) is 0 Å². The van der Waals surface area contributed by atoms with Gasteiger partial charge in [-0.25, -0.2) is 0 Å². The Hall–Kier alpha value is -3.81. The van der Waals surface area contributed by atoms with E-state index in [1.54, 1.807) is 45.7 Å². The summed E-state index contributed by atoms with van der Waals surface area (Å²) in [5.74, 6) is 1.35. The Kier molecular flexibility index (Phi) is 7.47. The van der Waals surface area contributed by atoms with E-state index in [0.717, 1.165) is 35.5 Å². The number of amides is 1. The molecule has 0 unspecified atom stereocenters. The largest absolute Gasteiger partial charge is 0.493 e. The molecule has 1 aliphatic carbocycles. The summed E-state index contributed by atoms with van der Waals surface area (Å²) in [6.07, 6.45) is 9.63. The second kappa shape index (κ2) is 10.9. The lowest BCUT2D eigenvalue weighted by Crippen LogP contribution is -2.20. The number of benzene rings is 1. The Balaban J connectivity index is 1.46. The summed E-state index contributed by atoms with van der Waals surface area (Å²) in [5, 5.41) is 7.74. The Morgan fingerprint density at radius 3 is 2.44 bits per heavy atom. The van der Waals surface area contributed by atoms with Crippen LogP contribution in [0.5, 0.6) is 17.2 Å². The SMILES string of the molecule is COc1cc(C=CC(=O)NCc2cc(-c3ccccn3)n(C3CCCC3)n2)cc(OC)c1OC. The van der Waals surface area contributed by atoms with Gasteiger partial charge in [-0.15, -0.1) is 0 Å². The Morgan fingerprint density at radius 2 is 1.82 bits per heavy atom. The number of rotatable bonds is 9. The fraction of sp³-hybridized carbons (Fsp3) is 0.346. The maximum atomic E-state index is 12.5. The van der Waals surface area contributed by atoms with Crippen molar-refractivity contribution in [2.45, 2.75) is 38.3 Å². The Bertz CT molecular complexity index is 1130. The van der Waals surface area contributed by atoms with E-state index in [0.29, 0.717) is 29.8 Å². The fourth-order valence-corrected chi connectivity index (χ4v) is 4.27. The van der Waals surface area contributed by atoms with E-state index < -0.39 is 0 Å². The number of carbonyl (C=O) groups is 1. The summed E-state index contributed by atoms with van der Waals surface area (Å²) in [5.41, 5.74) is 3.45. The molecule has 1 fully saturated rings. The minimum atomic E-state index is -0.219. The maximum absolute atomic E-state index is 12.5. The number of nitrogens with one attached hydrogen (secondary N) is 1. The summed E-state index contributed by atoms with van der Waals surface area (Å²) in [6, 6.07) is 11.8. The summed E-state index contributed by atoms with van der Waals surface area (Å²) < 4.78 is 18.2. The van der Waals surface area contributed by atoms with E-state index in [4.69, 9.17) is 19.3 Å². The molecule has 2 heterocycles. The van der Waals surface area contributed by atoms with Crippen molar-refractivity contribution in [2.24, 2.45) is 0 Å². The number of hydrogen-bond donors (Lipinski definition) is 1. The molecule has 34 heavy (non-hydrogen) atoms. The highest BCUT2D eigenvalue weighted by molar-refractivity contribution is 5.91. The molecule has 1 amide bonds.